The van der Waals surface area contributed by atoms with Crippen LogP contribution in [0.5, 0.6) is 11.5 Å². The third kappa shape index (κ3) is 4.68. The summed E-state index contributed by atoms with van der Waals surface area (Å²) in [5.74, 6) is 1.40. The van der Waals surface area contributed by atoms with Gasteiger partial charge in [0.05, 0.1) is 26.1 Å². The van der Waals surface area contributed by atoms with Crippen molar-refractivity contribution in [2.24, 2.45) is 0 Å². The van der Waals surface area contributed by atoms with Crippen LogP contribution in [0.2, 0.25) is 0 Å². The molecule has 3 rings (SSSR count). The number of carbonyl (C=O) groups excluding carboxylic acids is 1. The zero-order valence-corrected chi connectivity index (χ0v) is 16.1. The van der Waals surface area contributed by atoms with E-state index in [0.29, 0.717) is 23.7 Å². The van der Waals surface area contributed by atoms with Gasteiger partial charge in [-0.25, -0.2) is 4.98 Å². The van der Waals surface area contributed by atoms with Gasteiger partial charge < -0.3 is 24.6 Å². The molecule has 0 saturated carbocycles. The Bertz CT molecular complexity index is 771. The van der Waals surface area contributed by atoms with Crippen LogP contribution in [0.3, 0.4) is 0 Å². The highest BCUT2D eigenvalue weighted by atomic mass is 16.5. The van der Waals surface area contributed by atoms with Gasteiger partial charge in [-0.05, 0) is 36.9 Å². The zero-order chi connectivity index (χ0) is 19.2. The molecule has 0 aliphatic carbocycles. The number of amides is 1. The molecule has 0 bridgehead atoms. The molecule has 0 atom stereocenters. The Morgan fingerprint density at radius 2 is 1.81 bits per heavy atom. The Kier molecular flexibility index (Phi) is 6.13. The maximum atomic E-state index is 12.5. The lowest BCUT2D eigenvalue weighted by molar-refractivity contribution is 0.0658. The molecule has 1 amide bonds. The number of carbonyl (C=O) groups is 1. The Labute approximate surface area is 159 Å². The molecule has 2 aromatic rings. The second kappa shape index (κ2) is 8.73. The summed E-state index contributed by atoms with van der Waals surface area (Å²) >= 11 is 0. The van der Waals surface area contributed by atoms with Crippen LogP contribution in [0, 0.1) is 0 Å². The molecule has 1 aliphatic rings. The second-order valence-corrected chi connectivity index (χ2v) is 6.57. The normalized spacial score (nSPS) is 14.7. The third-order valence-electron chi connectivity index (χ3n) is 4.72. The van der Waals surface area contributed by atoms with Gasteiger partial charge in [0.1, 0.15) is 5.69 Å². The monoisotopic (exact) mass is 370 g/mol. The molecule has 0 radical (unpaired) electrons. The smallest absolute Gasteiger partial charge is 0.272 e. The van der Waals surface area contributed by atoms with E-state index in [2.05, 4.69) is 22.2 Å². The first-order valence-electron chi connectivity index (χ1n) is 8.99. The number of nitrogens with zero attached hydrogens (tertiary/aromatic N) is 3. The molecule has 0 unspecified atom stereocenters. The first-order valence-corrected chi connectivity index (χ1v) is 8.99. The fourth-order valence-corrected chi connectivity index (χ4v) is 2.99. The van der Waals surface area contributed by atoms with Crippen LogP contribution < -0.4 is 14.8 Å². The zero-order valence-electron chi connectivity index (χ0n) is 16.1. The Morgan fingerprint density at radius 1 is 1.07 bits per heavy atom. The molecule has 7 nitrogen and oxygen atoms in total. The number of methoxy groups -OCH3 is 2. The average molecular weight is 370 g/mol. The van der Waals surface area contributed by atoms with E-state index in [4.69, 9.17) is 9.47 Å². The van der Waals surface area contributed by atoms with E-state index in [1.54, 1.807) is 26.5 Å². The minimum absolute atomic E-state index is 0.00505. The van der Waals surface area contributed by atoms with Gasteiger partial charge in [0, 0.05) is 32.7 Å². The molecule has 1 aromatic carbocycles. The Morgan fingerprint density at radius 3 is 2.44 bits per heavy atom. The van der Waals surface area contributed by atoms with Gasteiger partial charge in [0.25, 0.3) is 5.91 Å². The number of aromatic nitrogens is 1. The van der Waals surface area contributed by atoms with Crippen LogP contribution in [0.15, 0.2) is 36.5 Å². The standard InChI is InChI=1S/C20H26N4O3/c1-23-8-10-24(11-9-23)20(25)17-6-5-16(14-22-17)21-13-15-4-7-18(26-2)19(12-15)27-3/h4-7,12,14,21H,8-11,13H2,1-3H3. The van der Waals surface area contributed by atoms with E-state index in [-0.39, 0.29) is 5.91 Å². The molecular formula is C20H26N4O3. The fourth-order valence-electron chi connectivity index (χ4n) is 2.99. The summed E-state index contributed by atoms with van der Waals surface area (Å²) < 4.78 is 10.6. The van der Waals surface area contributed by atoms with E-state index in [1.807, 2.05) is 29.2 Å². The summed E-state index contributed by atoms with van der Waals surface area (Å²) in [6, 6.07) is 9.46. The van der Waals surface area contributed by atoms with Crippen molar-refractivity contribution in [3.8, 4) is 11.5 Å². The van der Waals surface area contributed by atoms with E-state index < -0.39 is 0 Å². The molecule has 1 N–H and O–H groups in total. The molecule has 144 valence electrons. The molecule has 1 aromatic heterocycles. The summed E-state index contributed by atoms with van der Waals surface area (Å²) in [6.45, 7) is 3.91. The van der Waals surface area contributed by atoms with E-state index >= 15 is 0 Å². The van der Waals surface area contributed by atoms with Gasteiger partial charge in [0.2, 0.25) is 0 Å². The molecule has 1 fully saturated rings. The van der Waals surface area contributed by atoms with Crippen LogP contribution in [0.1, 0.15) is 16.1 Å². The summed E-state index contributed by atoms with van der Waals surface area (Å²) in [5, 5.41) is 3.31. The first kappa shape index (κ1) is 19.0. The first-order chi connectivity index (χ1) is 13.1. The largest absolute Gasteiger partial charge is 0.493 e. The lowest BCUT2D eigenvalue weighted by Gasteiger charge is -2.32. The van der Waals surface area contributed by atoms with Gasteiger partial charge in [0.15, 0.2) is 11.5 Å². The highest BCUT2D eigenvalue weighted by Gasteiger charge is 2.21. The maximum absolute atomic E-state index is 12.5. The predicted octanol–water partition coefficient (Wildman–Crippen LogP) is 2.10. The van der Waals surface area contributed by atoms with Gasteiger partial charge >= 0.3 is 0 Å². The predicted molar refractivity (Wildman–Crippen MR) is 105 cm³/mol. The Hall–Kier alpha value is -2.80. The number of hydrogen-bond donors (Lipinski definition) is 1. The van der Waals surface area contributed by atoms with Crippen LogP contribution >= 0.6 is 0 Å². The van der Waals surface area contributed by atoms with Crippen molar-refractivity contribution in [3.63, 3.8) is 0 Å². The molecule has 1 aliphatic heterocycles. The van der Waals surface area contributed by atoms with Crippen molar-refractivity contribution >= 4 is 11.6 Å². The number of ether oxygens (including phenoxy) is 2. The van der Waals surface area contributed by atoms with Crippen molar-refractivity contribution < 1.29 is 14.3 Å². The van der Waals surface area contributed by atoms with E-state index in [0.717, 1.165) is 37.4 Å². The van der Waals surface area contributed by atoms with Crippen LogP contribution in [0.4, 0.5) is 5.69 Å². The highest BCUT2D eigenvalue weighted by molar-refractivity contribution is 5.92. The number of benzene rings is 1. The number of anilines is 1. The minimum atomic E-state index is -0.00505. The molecule has 7 heteroatoms. The van der Waals surface area contributed by atoms with Crippen LogP contribution in [0.25, 0.3) is 0 Å². The molecular weight excluding hydrogens is 344 g/mol. The average Bonchev–Trinajstić information content (AvgIpc) is 2.72. The minimum Gasteiger partial charge on any atom is -0.493 e. The third-order valence-corrected chi connectivity index (χ3v) is 4.72. The molecule has 0 spiro atoms. The summed E-state index contributed by atoms with van der Waals surface area (Å²) in [5.41, 5.74) is 2.40. The number of rotatable bonds is 6. The van der Waals surface area contributed by atoms with Crippen molar-refractivity contribution in [3.05, 3.63) is 47.8 Å². The summed E-state index contributed by atoms with van der Waals surface area (Å²) in [7, 11) is 5.31. The lowest BCUT2D eigenvalue weighted by Crippen LogP contribution is -2.47. The van der Waals surface area contributed by atoms with Crippen LogP contribution in [-0.4, -0.2) is 68.1 Å². The molecule has 1 saturated heterocycles. The highest BCUT2D eigenvalue weighted by Crippen LogP contribution is 2.27. The van der Waals surface area contributed by atoms with Gasteiger partial charge in [-0.3, -0.25) is 4.79 Å². The van der Waals surface area contributed by atoms with Crippen molar-refractivity contribution in [2.45, 2.75) is 6.54 Å². The number of pyridine rings is 1. The SMILES string of the molecule is COc1ccc(CNc2ccc(C(=O)N3CCN(C)CC3)nc2)cc1OC. The quantitative estimate of drug-likeness (QED) is 0.840. The summed E-state index contributed by atoms with van der Waals surface area (Å²) in [4.78, 5) is 20.9. The topological polar surface area (TPSA) is 66.9 Å². The van der Waals surface area contributed by atoms with Gasteiger partial charge in [-0.1, -0.05) is 6.07 Å². The Balaban J connectivity index is 1.58. The number of piperazine rings is 1. The molecule has 27 heavy (non-hydrogen) atoms. The van der Waals surface area contributed by atoms with Gasteiger partial charge in [-0.15, -0.1) is 0 Å². The maximum Gasteiger partial charge on any atom is 0.272 e. The summed E-state index contributed by atoms with van der Waals surface area (Å²) in [6.07, 6.45) is 1.70. The van der Waals surface area contributed by atoms with Crippen molar-refractivity contribution in [1.82, 2.24) is 14.8 Å². The fraction of sp³-hybridized carbons (Fsp3) is 0.400. The van der Waals surface area contributed by atoms with E-state index in [9.17, 15) is 4.79 Å². The number of likely N-dealkylation sites (N-methyl/N-ethyl adjacent to an activating group) is 1. The van der Waals surface area contributed by atoms with E-state index in [1.165, 1.54) is 0 Å². The van der Waals surface area contributed by atoms with Crippen molar-refractivity contribution in [2.75, 3.05) is 52.8 Å². The van der Waals surface area contributed by atoms with Gasteiger partial charge in [-0.2, -0.15) is 0 Å². The number of nitrogens with one attached hydrogen (secondary N) is 1. The second-order valence-electron chi connectivity index (χ2n) is 6.57. The van der Waals surface area contributed by atoms with Crippen molar-refractivity contribution in [1.29, 1.82) is 0 Å². The van der Waals surface area contributed by atoms with Crippen LogP contribution in [-0.2, 0) is 6.54 Å². The molecule has 2 heterocycles. The lowest BCUT2D eigenvalue weighted by atomic mass is 10.2. The number of hydrogen-bond acceptors (Lipinski definition) is 6.